The van der Waals surface area contributed by atoms with Crippen molar-refractivity contribution < 1.29 is 4.42 Å². The van der Waals surface area contributed by atoms with Crippen molar-refractivity contribution in [3.63, 3.8) is 0 Å². The molecule has 0 fully saturated rings. The maximum atomic E-state index is 6.24. The van der Waals surface area contributed by atoms with Gasteiger partial charge in [-0.3, -0.25) is 0 Å². The van der Waals surface area contributed by atoms with E-state index in [-0.39, 0.29) is 0 Å². The molecule has 0 N–H and O–H groups in total. The Hall–Kier alpha value is -7.91. The molecule has 8 heteroatoms. The Bertz CT molecular complexity index is 3930. The first-order chi connectivity index (χ1) is 33.0. The molecule has 12 rings (SSSR count). The second-order valence-corrected chi connectivity index (χ2v) is 18.5. The number of furan rings is 1. The third kappa shape index (κ3) is 6.79. The van der Waals surface area contributed by atoms with Crippen LogP contribution in [0.2, 0.25) is 0 Å². The minimum absolute atomic E-state index is 0.621. The third-order valence-corrected chi connectivity index (χ3v) is 14.9. The molecule has 0 saturated carbocycles. The van der Waals surface area contributed by atoms with Crippen LogP contribution in [-0.2, 0) is 0 Å². The first kappa shape index (κ1) is 40.6. The zero-order chi connectivity index (χ0) is 45.2. The lowest BCUT2D eigenvalue weighted by molar-refractivity contribution is 0.575. The van der Waals surface area contributed by atoms with Gasteiger partial charge in [0.2, 0.25) is 0 Å². The van der Waals surface area contributed by atoms with Crippen molar-refractivity contribution >= 4 is 91.5 Å². The molecule has 67 heavy (non-hydrogen) atoms. The smallest absolute Gasteiger partial charge is 0.164 e. The standard InChI is InChI=1S/C59H41N5OS2/c1-5-18-41-44-32-53-55(34-49(44)63(47(41)7-3)40-28-29-52-46(31-40)43(19-6-2)51(8-4)65-52)67-54-33-45-42-26-15-16-27-48(42)64(50(45)35-56(54)66-53)39-25-17-24-38(30-39)59-61-57(36-20-11-9-12-21-36)60-58(62-59)37-22-13-10-14-23-37/h5-35H,2-3H2,1,4H3/b18-5-,43-19-,51-8+. The molecule has 0 aliphatic carbocycles. The highest BCUT2D eigenvalue weighted by Gasteiger charge is 2.25. The number of aromatic nitrogens is 5. The van der Waals surface area contributed by atoms with E-state index in [9.17, 15) is 0 Å². The fraction of sp³-hybridized carbons (Fsp3) is 0.0339. The van der Waals surface area contributed by atoms with Crippen LogP contribution >= 0.6 is 23.5 Å². The molecule has 0 spiro atoms. The lowest BCUT2D eigenvalue weighted by Gasteiger charge is -2.20. The van der Waals surface area contributed by atoms with E-state index in [1.165, 1.54) is 35.7 Å². The summed E-state index contributed by atoms with van der Waals surface area (Å²) in [5.41, 5.74) is 12.1. The SMILES string of the molecule is C=C/C=c1\c(=C/C)oc2ccc(-n3c(C=C)c(/C=C\C)c4cc5c(cc43)Sc3cc4c6ccccc6n(-c6cccc(-c7nc(-c8ccccc8)nc(-c8ccccc8)n7)c6)c4cc3S5)cc12. The number of para-hydroxylation sites is 1. The molecule has 0 unspecified atom stereocenters. The van der Waals surface area contributed by atoms with Gasteiger partial charge in [0.15, 0.2) is 17.5 Å². The number of hydrogen-bond acceptors (Lipinski definition) is 6. The van der Waals surface area contributed by atoms with Crippen LogP contribution in [0.5, 0.6) is 0 Å². The van der Waals surface area contributed by atoms with Gasteiger partial charge in [0.25, 0.3) is 0 Å². The van der Waals surface area contributed by atoms with Gasteiger partial charge in [-0.05, 0) is 86.7 Å². The van der Waals surface area contributed by atoms with E-state index in [0.29, 0.717) is 17.5 Å². The van der Waals surface area contributed by atoms with Gasteiger partial charge in [-0.25, -0.2) is 15.0 Å². The van der Waals surface area contributed by atoms with E-state index < -0.39 is 0 Å². The van der Waals surface area contributed by atoms with E-state index >= 15 is 0 Å². The van der Waals surface area contributed by atoms with Crippen molar-refractivity contribution in [2.75, 3.05) is 0 Å². The minimum Gasteiger partial charge on any atom is -0.456 e. The summed E-state index contributed by atoms with van der Waals surface area (Å²) in [5.74, 6) is 1.89. The van der Waals surface area contributed by atoms with Crippen LogP contribution in [-0.4, -0.2) is 24.1 Å². The number of rotatable bonds is 8. The topological polar surface area (TPSA) is 61.7 Å². The molecular formula is C59H41N5OS2. The van der Waals surface area contributed by atoms with Crippen molar-refractivity contribution in [3.05, 3.63) is 199 Å². The first-order valence-corrected chi connectivity index (χ1v) is 23.9. The molecular weight excluding hydrogens is 859 g/mol. The van der Waals surface area contributed by atoms with E-state index in [1.54, 1.807) is 0 Å². The summed E-state index contributed by atoms with van der Waals surface area (Å²) in [6.07, 6.45) is 12.1. The summed E-state index contributed by atoms with van der Waals surface area (Å²) in [5, 5.41) is 5.64. The van der Waals surface area contributed by atoms with Gasteiger partial charge in [-0.15, -0.1) is 0 Å². The highest BCUT2D eigenvalue weighted by atomic mass is 32.2. The normalized spacial score (nSPS) is 13.0. The van der Waals surface area contributed by atoms with Crippen LogP contribution in [0.3, 0.4) is 0 Å². The van der Waals surface area contributed by atoms with Gasteiger partial charge in [0, 0.05) is 80.0 Å². The van der Waals surface area contributed by atoms with Crippen LogP contribution in [0.4, 0.5) is 0 Å². The zero-order valence-corrected chi connectivity index (χ0v) is 38.4. The molecule has 0 bridgehead atoms. The number of allylic oxidation sites excluding steroid dienone is 2. The molecule has 0 amide bonds. The fourth-order valence-corrected chi connectivity index (χ4v) is 11.8. The highest BCUT2D eigenvalue weighted by Crippen LogP contribution is 2.52. The number of nitrogens with zero attached hydrogens (tertiary/aromatic N) is 5. The van der Waals surface area contributed by atoms with Gasteiger partial charge in [0.05, 0.1) is 22.2 Å². The number of fused-ring (bicyclic) bond motifs is 7. The number of benzene rings is 7. The molecule has 1 aliphatic heterocycles. The van der Waals surface area contributed by atoms with Gasteiger partial charge in [-0.1, -0.05) is 152 Å². The maximum Gasteiger partial charge on any atom is 0.164 e. The molecule has 0 saturated heterocycles. The summed E-state index contributed by atoms with van der Waals surface area (Å²) in [7, 11) is 0. The molecule has 6 nitrogen and oxygen atoms in total. The monoisotopic (exact) mass is 899 g/mol. The van der Waals surface area contributed by atoms with E-state index in [4.69, 9.17) is 19.4 Å². The average molecular weight is 900 g/mol. The Balaban J connectivity index is 0.992. The van der Waals surface area contributed by atoms with E-state index in [1.807, 2.05) is 115 Å². The Morgan fingerprint density at radius 3 is 1.78 bits per heavy atom. The van der Waals surface area contributed by atoms with Crippen LogP contribution in [0.25, 0.3) is 114 Å². The minimum atomic E-state index is 0.621. The van der Waals surface area contributed by atoms with Gasteiger partial charge < -0.3 is 13.6 Å². The summed E-state index contributed by atoms with van der Waals surface area (Å²) in [6, 6.07) is 53.4. The number of hydrogen-bond donors (Lipinski definition) is 0. The second-order valence-electron chi connectivity index (χ2n) is 16.4. The zero-order valence-electron chi connectivity index (χ0n) is 36.8. The summed E-state index contributed by atoms with van der Waals surface area (Å²) < 4.78 is 11.0. The summed E-state index contributed by atoms with van der Waals surface area (Å²) >= 11 is 3.67. The molecule has 4 aromatic heterocycles. The summed E-state index contributed by atoms with van der Waals surface area (Å²) in [4.78, 5) is 20.0. The molecule has 5 heterocycles. The lowest BCUT2D eigenvalue weighted by Crippen LogP contribution is -2.19. The molecule has 1 aliphatic rings. The largest absolute Gasteiger partial charge is 0.456 e. The molecule has 320 valence electrons. The third-order valence-electron chi connectivity index (χ3n) is 12.4. The van der Waals surface area contributed by atoms with Crippen LogP contribution in [0, 0.1) is 0 Å². The molecule has 0 atom stereocenters. The Labute approximate surface area is 395 Å². The highest BCUT2D eigenvalue weighted by molar-refractivity contribution is 8.05. The van der Waals surface area contributed by atoms with Crippen molar-refractivity contribution in [2.45, 2.75) is 33.4 Å². The average Bonchev–Trinajstić information content (AvgIpc) is 4.00. The van der Waals surface area contributed by atoms with Crippen molar-refractivity contribution in [1.29, 1.82) is 0 Å². The van der Waals surface area contributed by atoms with E-state index in [0.717, 1.165) is 77.5 Å². The maximum absolute atomic E-state index is 6.24. The van der Waals surface area contributed by atoms with Gasteiger partial charge in [-0.2, -0.15) is 0 Å². The fourth-order valence-electron chi connectivity index (χ4n) is 9.46. The first-order valence-electron chi connectivity index (χ1n) is 22.2. The van der Waals surface area contributed by atoms with Crippen molar-refractivity contribution in [3.8, 4) is 45.5 Å². The van der Waals surface area contributed by atoms with Crippen molar-refractivity contribution in [2.24, 2.45) is 0 Å². The van der Waals surface area contributed by atoms with Crippen LogP contribution < -0.4 is 10.6 Å². The van der Waals surface area contributed by atoms with Crippen molar-refractivity contribution in [1.82, 2.24) is 24.1 Å². The Morgan fingerprint density at radius 2 is 1.12 bits per heavy atom. The lowest BCUT2D eigenvalue weighted by atomic mass is 10.1. The summed E-state index contributed by atoms with van der Waals surface area (Å²) in [6.45, 7) is 12.4. The van der Waals surface area contributed by atoms with Crippen LogP contribution in [0.15, 0.2) is 201 Å². The van der Waals surface area contributed by atoms with E-state index in [2.05, 4.69) is 132 Å². The Morgan fingerprint density at radius 1 is 0.522 bits per heavy atom. The predicted octanol–water partition coefficient (Wildman–Crippen LogP) is 14.7. The molecule has 0 radical (unpaired) electrons. The van der Waals surface area contributed by atoms with Crippen LogP contribution in [0.1, 0.15) is 25.1 Å². The molecule has 11 aromatic rings. The quantitative estimate of drug-likeness (QED) is 0.151. The van der Waals surface area contributed by atoms with Gasteiger partial charge >= 0.3 is 0 Å². The van der Waals surface area contributed by atoms with Gasteiger partial charge in [0.1, 0.15) is 11.0 Å². The second kappa shape index (κ2) is 16.5. The molecule has 7 aromatic carbocycles. The predicted molar refractivity (Wildman–Crippen MR) is 281 cm³/mol. The Kier molecular flexibility index (Phi) is 10.0.